The Morgan fingerprint density at radius 1 is 1.05 bits per heavy atom. The number of hydrogen-bond acceptors (Lipinski definition) is 2. The second-order valence-electron chi connectivity index (χ2n) is 4.82. The van der Waals surface area contributed by atoms with E-state index in [-0.39, 0.29) is 0 Å². The number of carbonyl (C=O) groups is 1. The topological polar surface area (TPSA) is 37.3 Å². The third-order valence-electron chi connectivity index (χ3n) is 3.59. The minimum atomic E-state index is -0.845. The molecule has 2 nitrogen and oxygen atoms in total. The average molecular weight is 288 g/mol. The van der Waals surface area contributed by atoms with E-state index in [1.165, 1.54) is 33.6 Å². The molecule has 0 atom stereocenters. The fraction of sp³-hybridized carbons (Fsp3) is 0.353. The Morgan fingerprint density at radius 3 is 2.05 bits per heavy atom. The molecule has 2 aromatic rings. The summed E-state index contributed by atoms with van der Waals surface area (Å²) in [6.07, 6.45) is 2.97. The number of rotatable bonds is 5. The summed E-state index contributed by atoms with van der Waals surface area (Å²) in [7, 11) is 0. The van der Waals surface area contributed by atoms with E-state index in [4.69, 9.17) is 5.11 Å². The molecule has 1 aromatic heterocycles. The van der Waals surface area contributed by atoms with Crippen molar-refractivity contribution in [1.82, 2.24) is 0 Å². The molecule has 0 spiro atoms. The van der Waals surface area contributed by atoms with Crippen LogP contribution in [0.15, 0.2) is 24.3 Å². The Kier molecular flexibility index (Phi) is 4.61. The van der Waals surface area contributed by atoms with Crippen LogP contribution in [0, 0.1) is 0 Å². The molecule has 3 heteroatoms. The van der Waals surface area contributed by atoms with Crippen molar-refractivity contribution in [2.24, 2.45) is 0 Å². The smallest absolute Gasteiger partial charge is 0.345 e. The number of hydrogen-bond donors (Lipinski definition) is 1. The van der Waals surface area contributed by atoms with Crippen molar-refractivity contribution in [2.45, 2.75) is 40.0 Å². The van der Waals surface area contributed by atoms with Gasteiger partial charge in [-0.3, -0.25) is 0 Å². The Hall–Kier alpha value is -1.61. The maximum absolute atomic E-state index is 11.1. The van der Waals surface area contributed by atoms with E-state index in [1.54, 1.807) is 6.07 Å². The van der Waals surface area contributed by atoms with Crippen LogP contribution in [-0.2, 0) is 19.3 Å². The van der Waals surface area contributed by atoms with Crippen LogP contribution in [0.5, 0.6) is 0 Å². The summed E-state index contributed by atoms with van der Waals surface area (Å²) in [5.74, 6) is -0.845. The highest BCUT2D eigenvalue weighted by molar-refractivity contribution is 7.17. The first kappa shape index (κ1) is 14.8. The lowest BCUT2D eigenvalue weighted by Crippen LogP contribution is -1.96. The maximum atomic E-state index is 11.1. The first-order valence-electron chi connectivity index (χ1n) is 7.08. The average Bonchev–Trinajstić information content (AvgIpc) is 2.95. The zero-order valence-electron chi connectivity index (χ0n) is 12.2. The lowest BCUT2D eigenvalue weighted by Gasteiger charge is -2.14. The monoisotopic (exact) mass is 288 g/mol. The molecule has 20 heavy (non-hydrogen) atoms. The third-order valence-corrected chi connectivity index (χ3v) is 4.69. The second-order valence-corrected chi connectivity index (χ2v) is 5.90. The van der Waals surface area contributed by atoms with Crippen LogP contribution in [-0.4, -0.2) is 11.1 Å². The molecule has 0 saturated heterocycles. The van der Waals surface area contributed by atoms with Crippen molar-refractivity contribution >= 4 is 17.3 Å². The molecule has 0 radical (unpaired) electrons. The summed E-state index contributed by atoms with van der Waals surface area (Å²) >= 11 is 1.37. The van der Waals surface area contributed by atoms with Gasteiger partial charge in [0.25, 0.3) is 0 Å². The van der Waals surface area contributed by atoms with Crippen LogP contribution in [0.1, 0.15) is 47.1 Å². The molecule has 1 N–H and O–H groups in total. The summed E-state index contributed by atoms with van der Waals surface area (Å²) in [5, 5.41) is 9.09. The van der Waals surface area contributed by atoms with Gasteiger partial charge in [0.15, 0.2) is 0 Å². The quantitative estimate of drug-likeness (QED) is 0.858. The van der Waals surface area contributed by atoms with Crippen molar-refractivity contribution in [3.63, 3.8) is 0 Å². The molecule has 0 unspecified atom stereocenters. The molecular formula is C17H20O2S. The predicted octanol–water partition coefficient (Wildman–Crippen LogP) is 4.80. The summed E-state index contributed by atoms with van der Waals surface area (Å²) in [4.78, 5) is 12.5. The number of carboxylic acid groups (broad SMARTS) is 1. The third kappa shape index (κ3) is 2.78. The van der Waals surface area contributed by atoms with E-state index in [1.807, 2.05) is 6.07 Å². The van der Waals surface area contributed by atoms with Gasteiger partial charge in [-0.25, -0.2) is 4.79 Å². The highest BCUT2D eigenvalue weighted by Crippen LogP contribution is 2.35. The molecule has 0 saturated carbocycles. The van der Waals surface area contributed by atoms with E-state index in [0.717, 1.165) is 24.1 Å². The van der Waals surface area contributed by atoms with Gasteiger partial charge in [0, 0.05) is 4.88 Å². The first-order valence-corrected chi connectivity index (χ1v) is 7.90. The van der Waals surface area contributed by atoms with Crippen LogP contribution in [0.3, 0.4) is 0 Å². The molecule has 1 heterocycles. The Balaban J connectivity index is 2.61. The Bertz CT molecular complexity index is 601. The highest BCUT2D eigenvalue weighted by Gasteiger charge is 2.14. The minimum Gasteiger partial charge on any atom is -0.477 e. The maximum Gasteiger partial charge on any atom is 0.345 e. The number of benzene rings is 1. The van der Waals surface area contributed by atoms with Crippen LogP contribution in [0.4, 0.5) is 0 Å². The molecular weight excluding hydrogens is 268 g/mol. The summed E-state index contributed by atoms with van der Waals surface area (Å²) in [6, 6.07) is 8.16. The molecule has 2 rings (SSSR count). The van der Waals surface area contributed by atoms with E-state index in [2.05, 4.69) is 32.9 Å². The lowest BCUT2D eigenvalue weighted by atomic mass is 9.93. The second kappa shape index (κ2) is 6.23. The zero-order valence-corrected chi connectivity index (χ0v) is 13.0. The van der Waals surface area contributed by atoms with Crippen LogP contribution >= 0.6 is 11.3 Å². The van der Waals surface area contributed by atoms with Crippen molar-refractivity contribution in [3.8, 4) is 10.4 Å². The van der Waals surface area contributed by atoms with Gasteiger partial charge in [-0.2, -0.15) is 0 Å². The SMILES string of the molecule is CCc1cc(CC)c(-c2ccc(C(=O)O)s2)c(CC)c1. The molecule has 0 bridgehead atoms. The lowest BCUT2D eigenvalue weighted by molar-refractivity contribution is 0.0702. The minimum absolute atomic E-state index is 0.406. The van der Waals surface area contributed by atoms with Gasteiger partial charge in [-0.15, -0.1) is 11.3 Å². The van der Waals surface area contributed by atoms with Gasteiger partial charge in [0.05, 0.1) is 0 Å². The number of thiophene rings is 1. The van der Waals surface area contributed by atoms with Crippen molar-refractivity contribution < 1.29 is 9.90 Å². The van der Waals surface area contributed by atoms with Crippen LogP contribution in [0.25, 0.3) is 10.4 Å². The molecule has 0 amide bonds. The molecule has 1 aromatic carbocycles. The molecule has 0 fully saturated rings. The fourth-order valence-corrected chi connectivity index (χ4v) is 3.47. The van der Waals surface area contributed by atoms with E-state index in [0.29, 0.717) is 4.88 Å². The van der Waals surface area contributed by atoms with Gasteiger partial charge >= 0.3 is 5.97 Å². The standard InChI is InChI=1S/C17H20O2S/c1-4-11-9-12(5-2)16(13(6-3)10-11)14-7-8-15(20-14)17(18)19/h7-10H,4-6H2,1-3H3,(H,18,19). The van der Waals surface area contributed by atoms with E-state index < -0.39 is 5.97 Å². The zero-order chi connectivity index (χ0) is 14.7. The normalized spacial score (nSPS) is 10.8. The van der Waals surface area contributed by atoms with Crippen LogP contribution in [0.2, 0.25) is 0 Å². The number of aromatic carboxylic acids is 1. The van der Waals surface area contributed by atoms with Gasteiger partial charge in [-0.1, -0.05) is 32.9 Å². The molecule has 0 aliphatic carbocycles. The van der Waals surface area contributed by atoms with Crippen molar-refractivity contribution in [2.75, 3.05) is 0 Å². The summed E-state index contributed by atoms with van der Waals surface area (Å²) in [6.45, 7) is 6.48. The Morgan fingerprint density at radius 2 is 1.65 bits per heavy atom. The number of carboxylic acids is 1. The van der Waals surface area contributed by atoms with Gasteiger partial charge in [0.2, 0.25) is 0 Å². The van der Waals surface area contributed by atoms with Gasteiger partial charge < -0.3 is 5.11 Å². The molecule has 106 valence electrons. The fourth-order valence-electron chi connectivity index (χ4n) is 2.51. The van der Waals surface area contributed by atoms with E-state index in [9.17, 15) is 4.79 Å². The highest BCUT2D eigenvalue weighted by atomic mass is 32.1. The largest absolute Gasteiger partial charge is 0.477 e. The first-order chi connectivity index (χ1) is 9.60. The predicted molar refractivity (Wildman–Crippen MR) is 84.8 cm³/mol. The van der Waals surface area contributed by atoms with E-state index >= 15 is 0 Å². The van der Waals surface area contributed by atoms with Crippen LogP contribution < -0.4 is 0 Å². The summed E-state index contributed by atoms with van der Waals surface area (Å²) < 4.78 is 0. The molecule has 0 aliphatic heterocycles. The van der Waals surface area contributed by atoms with Gasteiger partial charge in [-0.05, 0) is 53.6 Å². The van der Waals surface area contributed by atoms with Gasteiger partial charge in [0.1, 0.15) is 4.88 Å². The van der Waals surface area contributed by atoms with Crippen molar-refractivity contribution in [3.05, 3.63) is 45.8 Å². The Labute approximate surface area is 124 Å². The molecule has 0 aliphatic rings. The number of aryl methyl sites for hydroxylation is 3. The van der Waals surface area contributed by atoms with Crippen molar-refractivity contribution in [1.29, 1.82) is 0 Å². The summed E-state index contributed by atoms with van der Waals surface area (Å²) in [5.41, 5.74) is 5.24.